The lowest BCUT2D eigenvalue weighted by Crippen LogP contribution is -2.00. The van der Waals surface area contributed by atoms with E-state index in [-0.39, 0.29) is 0 Å². The molecule has 0 saturated carbocycles. The van der Waals surface area contributed by atoms with Crippen molar-refractivity contribution in [1.82, 2.24) is 13.7 Å². The second-order valence-corrected chi connectivity index (χ2v) is 18.3. The Balaban J connectivity index is 1.10. The number of nitrogens with zero attached hydrogens (tertiary/aromatic N) is 4. The average Bonchev–Trinajstić information content (AvgIpc) is 4.12. The quantitative estimate of drug-likeness (QED) is 0.170. The fourth-order valence-electron chi connectivity index (χ4n) is 10.8. The summed E-state index contributed by atoms with van der Waals surface area (Å²) >= 11 is 1.86. The zero-order chi connectivity index (χ0) is 43.5. The molecule has 4 heterocycles. The van der Waals surface area contributed by atoms with E-state index in [1.165, 1.54) is 69.0 Å². The Labute approximate surface area is 383 Å². The van der Waals surface area contributed by atoms with Gasteiger partial charge in [0, 0.05) is 69.6 Å². The highest BCUT2D eigenvalue weighted by Crippen LogP contribution is 2.45. The van der Waals surface area contributed by atoms with Crippen molar-refractivity contribution in [3.63, 3.8) is 0 Å². The van der Waals surface area contributed by atoms with Gasteiger partial charge in [-0.05, 0) is 107 Å². The zero-order valence-electron chi connectivity index (χ0n) is 35.5. The van der Waals surface area contributed by atoms with E-state index in [4.69, 9.17) is 0 Å². The van der Waals surface area contributed by atoms with Crippen LogP contribution in [0.4, 0.5) is 0 Å². The van der Waals surface area contributed by atoms with E-state index in [1.807, 2.05) is 35.6 Å². The number of fused-ring (bicyclic) bond motifs is 13. The van der Waals surface area contributed by atoms with Crippen molar-refractivity contribution < 1.29 is 0 Å². The van der Waals surface area contributed by atoms with E-state index in [0.717, 1.165) is 55.9 Å². The van der Waals surface area contributed by atoms with Crippen LogP contribution in [0.25, 0.3) is 125 Å². The first-order valence-corrected chi connectivity index (χ1v) is 23.1. The molecule has 0 aliphatic heterocycles. The van der Waals surface area contributed by atoms with Gasteiger partial charge in [0.2, 0.25) is 0 Å². The molecule has 0 spiro atoms. The smallest absolute Gasteiger partial charge is 0.0998 e. The SMILES string of the molecule is N#Cc1ccccc1-c1cccc(-c2cc(-n3c4ccccc4c4cc5c(cc43)sc3ccccc35)cc(-n3c4ccccc4c4c3ccc3c5ccccc5n(-c5ccccc5)c34)c2)c1. The van der Waals surface area contributed by atoms with Gasteiger partial charge in [0.05, 0.1) is 44.7 Å². The molecule has 4 nitrogen and oxygen atoms in total. The molecule has 0 aliphatic rings. The van der Waals surface area contributed by atoms with Crippen molar-refractivity contribution in [1.29, 1.82) is 5.26 Å². The normalized spacial score (nSPS) is 11.9. The molecule has 0 radical (unpaired) electrons. The van der Waals surface area contributed by atoms with E-state index < -0.39 is 0 Å². The predicted molar refractivity (Wildman–Crippen MR) is 278 cm³/mol. The van der Waals surface area contributed by atoms with Gasteiger partial charge in [0.25, 0.3) is 0 Å². The lowest BCUT2D eigenvalue weighted by molar-refractivity contribution is 1.13. The van der Waals surface area contributed by atoms with Crippen LogP contribution in [0.2, 0.25) is 0 Å². The highest BCUT2D eigenvalue weighted by molar-refractivity contribution is 7.25. The Morgan fingerprint density at radius 2 is 0.955 bits per heavy atom. The summed E-state index contributed by atoms with van der Waals surface area (Å²) in [5.41, 5.74) is 15.0. The second-order valence-electron chi connectivity index (χ2n) is 17.2. The van der Waals surface area contributed by atoms with Gasteiger partial charge in [0.15, 0.2) is 0 Å². The maximum absolute atomic E-state index is 10.1. The molecule has 0 N–H and O–H groups in total. The lowest BCUT2D eigenvalue weighted by Gasteiger charge is -2.16. The minimum Gasteiger partial charge on any atom is -0.309 e. The number of thiophene rings is 1. The molecular formula is C61H36N4S. The summed E-state index contributed by atoms with van der Waals surface area (Å²) in [5.74, 6) is 0. The molecule has 0 saturated heterocycles. The largest absolute Gasteiger partial charge is 0.309 e. The molecule has 0 fully saturated rings. The van der Waals surface area contributed by atoms with Crippen LogP contribution in [0.15, 0.2) is 218 Å². The third kappa shape index (κ3) is 5.31. The first kappa shape index (κ1) is 36.8. The maximum atomic E-state index is 10.1. The molecule has 14 rings (SSSR count). The third-order valence-corrected chi connectivity index (χ3v) is 14.8. The van der Waals surface area contributed by atoms with Crippen LogP contribution in [0.3, 0.4) is 0 Å². The van der Waals surface area contributed by atoms with Gasteiger partial charge in [-0.25, -0.2) is 0 Å². The van der Waals surface area contributed by atoms with Crippen LogP contribution in [0, 0.1) is 11.3 Å². The zero-order valence-corrected chi connectivity index (χ0v) is 36.3. The van der Waals surface area contributed by atoms with Crippen LogP contribution in [-0.4, -0.2) is 13.7 Å². The fraction of sp³-hybridized carbons (Fsp3) is 0. The van der Waals surface area contributed by atoms with Gasteiger partial charge < -0.3 is 13.7 Å². The van der Waals surface area contributed by atoms with Gasteiger partial charge >= 0.3 is 0 Å². The number of hydrogen-bond donors (Lipinski definition) is 0. The van der Waals surface area contributed by atoms with Crippen molar-refractivity contribution in [2.24, 2.45) is 0 Å². The van der Waals surface area contributed by atoms with Gasteiger partial charge in [-0.1, -0.05) is 133 Å². The van der Waals surface area contributed by atoms with Gasteiger partial charge in [-0.2, -0.15) is 5.26 Å². The Bertz CT molecular complexity index is 4360. The molecule has 14 aromatic rings. The Morgan fingerprint density at radius 3 is 1.74 bits per heavy atom. The predicted octanol–water partition coefficient (Wildman–Crippen LogP) is 16.6. The molecule has 0 atom stereocenters. The summed E-state index contributed by atoms with van der Waals surface area (Å²) < 4.78 is 9.95. The number of rotatable bonds is 5. The number of para-hydroxylation sites is 4. The maximum Gasteiger partial charge on any atom is 0.0998 e. The van der Waals surface area contributed by atoms with Gasteiger partial charge in [0.1, 0.15) is 0 Å². The molecule has 306 valence electrons. The second kappa shape index (κ2) is 14.2. The van der Waals surface area contributed by atoms with E-state index in [1.54, 1.807) is 0 Å². The highest BCUT2D eigenvalue weighted by Gasteiger charge is 2.23. The summed E-state index contributed by atoms with van der Waals surface area (Å²) in [5, 5.41) is 20.1. The van der Waals surface area contributed by atoms with E-state index in [0.29, 0.717) is 5.56 Å². The van der Waals surface area contributed by atoms with Crippen molar-refractivity contribution in [2.75, 3.05) is 0 Å². The number of nitriles is 1. The molecule has 0 aliphatic carbocycles. The summed E-state index contributed by atoms with van der Waals surface area (Å²) in [6.07, 6.45) is 0. The van der Waals surface area contributed by atoms with Crippen molar-refractivity contribution in [3.8, 4) is 45.4 Å². The van der Waals surface area contributed by atoms with Gasteiger partial charge in [-0.15, -0.1) is 11.3 Å². The number of aromatic nitrogens is 3. The molecule has 10 aromatic carbocycles. The van der Waals surface area contributed by atoms with Crippen LogP contribution >= 0.6 is 11.3 Å². The summed E-state index contributed by atoms with van der Waals surface area (Å²) in [7, 11) is 0. The third-order valence-electron chi connectivity index (χ3n) is 13.6. The fourth-order valence-corrected chi connectivity index (χ4v) is 11.9. The Morgan fingerprint density at radius 1 is 0.333 bits per heavy atom. The van der Waals surface area contributed by atoms with E-state index >= 15 is 0 Å². The number of hydrogen-bond acceptors (Lipinski definition) is 2. The summed E-state index contributed by atoms with van der Waals surface area (Å²) in [6, 6.07) is 81.5. The lowest BCUT2D eigenvalue weighted by atomic mass is 9.96. The van der Waals surface area contributed by atoms with Crippen LogP contribution < -0.4 is 0 Å². The molecule has 0 unspecified atom stereocenters. The topological polar surface area (TPSA) is 38.6 Å². The van der Waals surface area contributed by atoms with Crippen molar-refractivity contribution >= 4 is 96.9 Å². The van der Waals surface area contributed by atoms with Gasteiger partial charge in [-0.3, -0.25) is 0 Å². The van der Waals surface area contributed by atoms with E-state index in [9.17, 15) is 5.26 Å². The minimum absolute atomic E-state index is 0.659. The number of benzene rings is 10. The average molecular weight is 857 g/mol. The van der Waals surface area contributed by atoms with Crippen molar-refractivity contribution in [2.45, 2.75) is 0 Å². The molecule has 5 heteroatoms. The molecule has 0 amide bonds. The molecule has 4 aromatic heterocycles. The minimum atomic E-state index is 0.659. The highest BCUT2D eigenvalue weighted by atomic mass is 32.1. The van der Waals surface area contributed by atoms with Crippen LogP contribution in [0.1, 0.15) is 5.56 Å². The molecule has 66 heavy (non-hydrogen) atoms. The summed E-state index contributed by atoms with van der Waals surface area (Å²) in [4.78, 5) is 0. The van der Waals surface area contributed by atoms with Crippen LogP contribution in [-0.2, 0) is 0 Å². The molecule has 0 bridgehead atoms. The first-order chi connectivity index (χ1) is 32.7. The summed E-state index contributed by atoms with van der Waals surface area (Å²) in [6.45, 7) is 0. The van der Waals surface area contributed by atoms with E-state index in [2.05, 4.69) is 214 Å². The Kier molecular flexibility index (Phi) is 7.88. The first-order valence-electron chi connectivity index (χ1n) is 22.3. The Hall–Kier alpha value is -8.69. The van der Waals surface area contributed by atoms with Crippen molar-refractivity contribution in [3.05, 3.63) is 224 Å². The standard InChI is InChI=1S/C61H36N4S/c62-37-40-15-4-5-20-45(40)39-17-14-16-38(31-39)41-32-43(34-44(33-41)64-53-25-10-7-22-47(53)51-35-52-48-23-9-13-28-58(48)66-59(52)36-57(51)64)63-55-27-12-8-24-50(55)60-56(63)30-29-49-46-21-6-11-26-54(46)65(61(49)60)42-18-2-1-3-19-42/h1-36H. The monoisotopic (exact) mass is 856 g/mol. The molecular weight excluding hydrogens is 821 g/mol. The van der Waals surface area contributed by atoms with Crippen LogP contribution in [0.5, 0.6) is 0 Å².